The molecule has 0 amide bonds. The molecule has 6 N–H and O–H groups in total. The third-order valence-corrected chi connectivity index (χ3v) is 5.19. The summed E-state index contributed by atoms with van der Waals surface area (Å²) >= 11 is 0. The molecule has 0 bridgehead atoms. The van der Waals surface area contributed by atoms with Crippen LogP contribution in [0.1, 0.15) is 23.1 Å². The molecule has 8 heteroatoms. The molecule has 1 fully saturated rings. The first kappa shape index (κ1) is 23.7. The summed E-state index contributed by atoms with van der Waals surface area (Å²) in [5.74, 6) is 1.00. The zero-order valence-electron chi connectivity index (χ0n) is 17.1. The van der Waals surface area contributed by atoms with Crippen molar-refractivity contribution in [1.29, 1.82) is 10.8 Å². The molecule has 0 aliphatic carbocycles. The summed E-state index contributed by atoms with van der Waals surface area (Å²) in [4.78, 5) is 4.95. The molecule has 0 radical (unpaired) electrons. The average Bonchev–Trinajstić information content (AvgIpc) is 2.73. The van der Waals surface area contributed by atoms with Gasteiger partial charge in [-0.1, -0.05) is 24.3 Å². The number of rotatable bonds is 9. The molecule has 30 heavy (non-hydrogen) atoms. The second-order valence-corrected chi connectivity index (χ2v) is 7.37. The zero-order chi connectivity index (χ0) is 20.6. The first-order chi connectivity index (χ1) is 14.0. The second kappa shape index (κ2) is 11.5. The van der Waals surface area contributed by atoms with E-state index >= 15 is 0 Å². The smallest absolute Gasteiger partial charge is 0.122 e. The highest BCUT2D eigenvalue weighted by molar-refractivity contribution is 5.95. The zero-order valence-corrected chi connectivity index (χ0v) is 18.0. The Labute approximate surface area is 184 Å². The number of piperazine rings is 1. The molecule has 1 heterocycles. The van der Waals surface area contributed by atoms with Crippen LogP contribution in [0.4, 0.5) is 0 Å². The minimum absolute atomic E-state index is 0. The Bertz CT molecular complexity index is 814. The van der Waals surface area contributed by atoms with Crippen molar-refractivity contribution in [3.8, 4) is 5.75 Å². The van der Waals surface area contributed by atoms with Gasteiger partial charge in [-0.15, -0.1) is 12.4 Å². The third-order valence-electron chi connectivity index (χ3n) is 5.19. The largest absolute Gasteiger partial charge is 0.494 e. The van der Waals surface area contributed by atoms with E-state index in [9.17, 15) is 0 Å². The summed E-state index contributed by atoms with van der Waals surface area (Å²) in [5, 5.41) is 14.9. The summed E-state index contributed by atoms with van der Waals surface area (Å²) in [5.41, 5.74) is 13.7. The highest BCUT2D eigenvalue weighted by Crippen LogP contribution is 2.13. The Morgan fingerprint density at radius 2 is 1.30 bits per heavy atom. The van der Waals surface area contributed by atoms with Crippen molar-refractivity contribution in [2.45, 2.75) is 13.0 Å². The Morgan fingerprint density at radius 3 is 1.83 bits per heavy atom. The van der Waals surface area contributed by atoms with E-state index in [1.807, 2.05) is 36.4 Å². The van der Waals surface area contributed by atoms with E-state index in [2.05, 4.69) is 21.9 Å². The average molecular weight is 431 g/mol. The van der Waals surface area contributed by atoms with E-state index in [-0.39, 0.29) is 24.1 Å². The van der Waals surface area contributed by atoms with Crippen LogP contribution in [0.5, 0.6) is 5.75 Å². The SMILES string of the molecule is Cl.N=C(N)c1ccc(CN2CCN(CCCOc3ccc(C(=N)N)cc3)CC2)cc1. The van der Waals surface area contributed by atoms with Gasteiger partial charge in [0.15, 0.2) is 0 Å². The Morgan fingerprint density at radius 1 is 0.800 bits per heavy atom. The number of hydrogen-bond donors (Lipinski definition) is 4. The molecule has 0 unspecified atom stereocenters. The van der Waals surface area contributed by atoms with Gasteiger partial charge in [0.25, 0.3) is 0 Å². The van der Waals surface area contributed by atoms with Crippen molar-refractivity contribution < 1.29 is 4.74 Å². The van der Waals surface area contributed by atoms with Gasteiger partial charge < -0.3 is 21.1 Å². The van der Waals surface area contributed by atoms with Crippen LogP contribution in [0.3, 0.4) is 0 Å². The number of halogens is 1. The van der Waals surface area contributed by atoms with Gasteiger partial charge in [0.2, 0.25) is 0 Å². The Balaban J connectivity index is 0.00000320. The van der Waals surface area contributed by atoms with Gasteiger partial charge in [0, 0.05) is 50.4 Å². The maximum Gasteiger partial charge on any atom is 0.122 e. The van der Waals surface area contributed by atoms with Crippen LogP contribution in [-0.2, 0) is 6.54 Å². The molecule has 2 aromatic rings. The van der Waals surface area contributed by atoms with Crippen molar-refractivity contribution in [2.24, 2.45) is 11.5 Å². The first-order valence-corrected chi connectivity index (χ1v) is 9.96. The Hall–Kier alpha value is -2.61. The second-order valence-electron chi connectivity index (χ2n) is 7.37. The monoisotopic (exact) mass is 430 g/mol. The molecule has 162 valence electrons. The number of nitrogens with zero attached hydrogens (tertiary/aromatic N) is 2. The van der Waals surface area contributed by atoms with Crippen molar-refractivity contribution in [2.75, 3.05) is 39.3 Å². The normalized spacial score (nSPS) is 14.7. The van der Waals surface area contributed by atoms with Gasteiger partial charge >= 0.3 is 0 Å². The molecule has 0 spiro atoms. The lowest BCUT2D eigenvalue weighted by Gasteiger charge is -2.34. The maximum absolute atomic E-state index is 7.46. The van der Waals surface area contributed by atoms with Gasteiger partial charge in [-0.05, 0) is 36.2 Å². The number of nitrogens with one attached hydrogen (secondary N) is 2. The lowest BCUT2D eigenvalue weighted by molar-refractivity contribution is 0.121. The first-order valence-electron chi connectivity index (χ1n) is 9.96. The summed E-state index contributed by atoms with van der Waals surface area (Å²) in [6, 6.07) is 15.3. The molecule has 0 saturated carbocycles. The van der Waals surface area contributed by atoms with Crippen LogP contribution in [0, 0.1) is 10.8 Å². The standard InChI is InChI=1S/C22H30N6O.ClH/c23-21(24)18-4-2-17(3-5-18)16-28-13-11-27(12-14-28)10-1-15-29-20-8-6-19(7-9-20)22(25)26;/h2-9H,1,10-16H2,(H3,23,24)(H3,25,26);1H. The third kappa shape index (κ3) is 7.02. The molecule has 1 aliphatic rings. The fraction of sp³-hybridized carbons (Fsp3) is 0.364. The van der Waals surface area contributed by atoms with Crippen LogP contribution in [0.15, 0.2) is 48.5 Å². The predicted molar refractivity (Wildman–Crippen MR) is 124 cm³/mol. The van der Waals surface area contributed by atoms with Gasteiger partial charge in [-0.2, -0.15) is 0 Å². The minimum Gasteiger partial charge on any atom is -0.494 e. The molecule has 1 saturated heterocycles. The van der Waals surface area contributed by atoms with E-state index in [0.717, 1.165) is 57.0 Å². The maximum atomic E-state index is 7.46. The summed E-state index contributed by atoms with van der Waals surface area (Å²) < 4.78 is 5.79. The fourth-order valence-electron chi connectivity index (χ4n) is 3.43. The van der Waals surface area contributed by atoms with E-state index in [1.165, 1.54) is 5.56 Å². The quantitative estimate of drug-likeness (QED) is 0.276. The summed E-state index contributed by atoms with van der Waals surface area (Å²) in [7, 11) is 0. The van der Waals surface area contributed by atoms with E-state index in [4.69, 9.17) is 27.0 Å². The highest BCUT2D eigenvalue weighted by Gasteiger charge is 2.16. The topological polar surface area (TPSA) is 115 Å². The summed E-state index contributed by atoms with van der Waals surface area (Å²) in [6.07, 6.45) is 0.987. The Kier molecular flexibility index (Phi) is 9.11. The molecular formula is C22H31ClN6O. The van der Waals surface area contributed by atoms with Crippen molar-refractivity contribution >= 4 is 24.1 Å². The molecule has 1 aliphatic heterocycles. The van der Waals surface area contributed by atoms with Crippen LogP contribution in [-0.4, -0.2) is 60.8 Å². The number of ether oxygens (including phenoxy) is 1. The molecule has 7 nitrogen and oxygen atoms in total. The number of amidine groups is 2. The van der Waals surface area contributed by atoms with Crippen LogP contribution >= 0.6 is 12.4 Å². The van der Waals surface area contributed by atoms with Gasteiger partial charge in [-0.3, -0.25) is 15.7 Å². The van der Waals surface area contributed by atoms with E-state index in [1.54, 1.807) is 0 Å². The lowest BCUT2D eigenvalue weighted by Crippen LogP contribution is -2.46. The number of hydrogen-bond acceptors (Lipinski definition) is 5. The number of nitrogens with two attached hydrogens (primary N) is 2. The predicted octanol–water partition coefficient (Wildman–Crippen LogP) is 2.26. The van der Waals surface area contributed by atoms with Crippen molar-refractivity contribution in [3.63, 3.8) is 0 Å². The van der Waals surface area contributed by atoms with Crippen molar-refractivity contribution in [1.82, 2.24) is 9.80 Å². The molecule has 0 aromatic heterocycles. The van der Waals surface area contributed by atoms with Crippen LogP contribution in [0.2, 0.25) is 0 Å². The molecule has 3 rings (SSSR count). The van der Waals surface area contributed by atoms with E-state index < -0.39 is 0 Å². The lowest BCUT2D eigenvalue weighted by atomic mass is 10.1. The fourth-order valence-corrected chi connectivity index (χ4v) is 3.43. The molecule has 0 atom stereocenters. The van der Waals surface area contributed by atoms with E-state index in [0.29, 0.717) is 12.2 Å². The van der Waals surface area contributed by atoms with Gasteiger partial charge in [-0.25, -0.2) is 0 Å². The molecular weight excluding hydrogens is 400 g/mol. The number of nitrogen functional groups attached to an aromatic ring is 2. The van der Waals surface area contributed by atoms with Gasteiger partial charge in [0.1, 0.15) is 17.4 Å². The highest BCUT2D eigenvalue weighted by atomic mass is 35.5. The number of benzene rings is 2. The van der Waals surface area contributed by atoms with Crippen LogP contribution < -0.4 is 16.2 Å². The van der Waals surface area contributed by atoms with Gasteiger partial charge in [0.05, 0.1) is 6.61 Å². The summed E-state index contributed by atoms with van der Waals surface area (Å²) in [6.45, 7) is 6.90. The van der Waals surface area contributed by atoms with Crippen molar-refractivity contribution in [3.05, 3.63) is 65.2 Å². The van der Waals surface area contributed by atoms with Crippen LogP contribution in [0.25, 0.3) is 0 Å². The minimum atomic E-state index is 0. The molecule has 2 aromatic carbocycles.